The number of aryl methyl sites for hydroxylation is 1. The summed E-state index contributed by atoms with van der Waals surface area (Å²) in [6.07, 6.45) is 2.14. The topological polar surface area (TPSA) is 76.2 Å². The third-order valence-corrected chi connectivity index (χ3v) is 4.50. The fourth-order valence-corrected chi connectivity index (χ4v) is 3.11. The van der Waals surface area contributed by atoms with Crippen molar-refractivity contribution in [2.24, 2.45) is 0 Å². The molecule has 0 saturated heterocycles. The number of aromatic carboxylic acids is 1. The minimum atomic E-state index is -0.963. The summed E-state index contributed by atoms with van der Waals surface area (Å²) >= 11 is 0. The molecule has 0 amide bonds. The summed E-state index contributed by atoms with van der Waals surface area (Å²) < 4.78 is 5.40. The summed E-state index contributed by atoms with van der Waals surface area (Å²) in [5.41, 5.74) is 4.50. The van der Waals surface area contributed by atoms with Crippen molar-refractivity contribution in [2.45, 2.75) is 46.0 Å². The molecule has 1 aromatic heterocycles. The maximum atomic E-state index is 11.0. The number of benzene rings is 2. The highest BCUT2D eigenvalue weighted by Gasteiger charge is 2.20. The van der Waals surface area contributed by atoms with E-state index in [4.69, 9.17) is 9.63 Å². The zero-order chi connectivity index (χ0) is 19.6. The van der Waals surface area contributed by atoms with Gasteiger partial charge in [0, 0.05) is 11.1 Å². The zero-order valence-corrected chi connectivity index (χ0v) is 16.1. The summed E-state index contributed by atoms with van der Waals surface area (Å²) in [4.78, 5) is 15.5. The smallest absolute Gasteiger partial charge is 0.335 e. The number of rotatable bonds is 5. The molecule has 1 heterocycles. The largest absolute Gasteiger partial charge is 0.478 e. The van der Waals surface area contributed by atoms with Crippen molar-refractivity contribution in [3.63, 3.8) is 0 Å². The number of hydrogen-bond donors (Lipinski definition) is 1. The van der Waals surface area contributed by atoms with Gasteiger partial charge in [0.1, 0.15) is 0 Å². The van der Waals surface area contributed by atoms with Gasteiger partial charge in [-0.25, -0.2) is 4.79 Å². The number of carboxylic acid groups (broad SMARTS) is 1. The summed E-state index contributed by atoms with van der Waals surface area (Å²) in [6.45, 7) is 8.80. The average Bonchev–Trinajstić information content (AvgIpc) is 3.11. The van der Waals surface area contributed by atoms with Crippen molar-refractivity contribution in [3.8, 4) is 22.8 Å². The Labute approximate surface area is 159 Å². The van der Waals surface area contributed by atoms with E-state index < -0.39 is 5.97 Å². The van der Waals surface area contributed by atoms with Crippen LogP contribution in [0.5, 0.6) is 0 Å². The van der Waals surface area contributed by atoms with E-state index in [1.807, 2.05) is 6.07 Å². The van der Waals surface area contributed by atoms with Crippen molar-refractivity contribution in [2.75, 3.05) is 0 Å². The third-order valence-electron chi connectivity index (χ3n) is 4.50. The summed E-state index contributed by atoms with van der Waals surface area (Å²) in [6, 6.07) is 12.7. The van der Waals surface area contributed by atoms with E-state index in [1.54, 1.807) is 12.1 Å². The van der Waals surface area contributed by atoms with Gasteiger partial charge in [-0.05, 0) is 53.3 Å². The summed E-state index contributed by atoms with van der Waals surface area (Å²) in [7, 11) is 0. The van der Waals surface area contributed by atoms with Gasteiger partial charge in [-0.1, -0.05) is 51.4 Å². The van der Waals surface area contributed by atoms with Crippen molar-refractivity contribution in [1.29, 1.82) is 0 Å². The molecule has 0 atom stereocenters. The van der Waals surface area contributed by atoms with Gasteiger partial charge in [0.25, 0.3) is 5.89 Å². The van der Waals surface area contributed by atoms with Crippen LogP contribution in [0.2, 0.25) is 0 Å². The van der Waals surface area contributed by atoms with E-state index in [0.29, 0.717) is 17.3 Å². The predicted octanol–water partition coefficient (Wildman–Crippen LogP) is 5.35. The first-order chi connectivity index (χ1) is 12.8. The fraction of sp³-hybridized carbons (Fsp3) is 0.318. The normalized spacial score (nSPS) is 11.6. The highest BCUT2D eigenvalue weighted by Crippen LogP contribution is 2.31. The second kappa shape index (κ2) is 7.35. The van der Waals surface area contributed by atoms with Gasteiger partial charge in [-0.15, -0.1) is 0 Å². The zero-order valence-electron chi connectivity index (χ0n) is 16.1. The maximum Gasteiger partial charge on any atom is 0.335 e. The first-order valence-electron chi connectivity index (χ1n) is 9.11. The van der Waals surface area contributed by atoms with Crippen LogP contribution in [0.3, 0.4) is 0 Å². The second-order valence-electron chi connectivity index (χ2n) is 7.68. The van der Waals surface area contributed by atoms with E-state index in [9.17, 15) is 4.79 Å². The number of carbonyl (C=O) groups is 1. The Kier molecular flexibility index (Phi) is 5.13. The molecule has 0 aliphatic heterocycles. The standard InChI is InChI=1S/C22H24N2O3/c1-5-6-14-7-12-17(13-18(14)22(2,3)4)19-23-20(27-24-19)15-8-10-16(11-9-15)21(25)26/h7-13H,5-6H2,1-4H3,(H,25,26). The van der Waals surface area contributed by atoms with E-state index >= 15 is 0 Å². The van der Waals surface area contributed by atoms with Crippen molar-refractivity contribution in [3.05, 3.63) is 59.2 Å². The Balaban J connectivity index is 1.95. The Morgan fingerprint density at radius 3 is 2.33 bits per heavy atom. The molecule has 0 radical (unpaired) electrons. The first-order valence-corrected chi connectivity index (χ1v) is 9.11. The second-order valence-corrected chi connectivity index (χ2v) is 7.68. The maximum absolute atomic E-state index is 11.0. The highest BCUT2D eigenvalue weighted by molar-refractivity contribution is 5.88. The van der Waals surface area contributed by atoms with Gasteiger partial charge in [0.05, 0.1) is 5.56 Å². The van der Waals surface area contributed by atoms with Crippen molar-refractivity contribution in [1.82, 2.24) is 10.1 Å². The molecule has 27 heavy (non-hydrogen) atoms. The van der Waals surface area contributed by atoms with Crippen LogP contribution in [0.4, 0.5) is 0 Å². The lowest BCUT2D eigenvalue weighted by atomic mass is 9.81. The molecular weight excluding hydrogens is 340 g/mol. The number of carboxylic acids is 1. The van der Waals surface area contributed by atoms with Crippen molar-refractivity contribution < 1.29 is 14.4 Å². The summed E-state index contributed by atoms with van der Waals surface area (Å²) in [5.74, 6) is -0.0626. The van der Waals surface area contributed by atoms with Crippen LogP contribution in [0, 0.1) is 0 Å². The lowest BCUT2D eigenvalue weighted by Gasteiger charge is -2.23. The Hall–Kier alpha value is -2.95. The molecule has 140 valence electrons. The molecule has 0 aliphatic rings. The fourth-order valence-electron chi connectivity index (χ4n) is 3.11. The Bertz CT molecular complexity index is 950. The van der Waals surface area contributed by atoms with Crippen LogP contribution in [0.1, 0.15) is 55.6 Å². The van der Waals surface area contributed by atoms with E-state index in [2.05, 4.69) is 50.0 Å². The third kappa shape index (κ3) is 4.08. The SMILES string of the molecule is CCCc1ccc(-c2noc(-c3ccc(C(=O)O)cc3)n2)cc1C(C)(C)C. The monoisotopic (exact) mass is 364 g/mol. The Morgan fingerprint density at radius 2 is 1.74 bits per heavy atom. The Morgan fingerprint density at radius 1 is 1.07 bits per heavy atom. The van der Waals surface area contributed by atoms with E-state index in [1.165, 1.54) is 23.3 Å². The van der Waals surface area contributed by atoms with Crippen LogP contribution in [-0.2, 0) is 11.8 Å². The average molecular weight is 364 g/mol. The van der Waals surface area contributed by atoms with E-state index in [-0.39, 0.29) is 11.0 Å². The van der Waals surface area contributed by atoms with Crippen LogP contribution < -0.4 is 0 Å². The number of hydrogen-bond acceptors (Lipinski definition) is 4. The minimum Gasteiger partial charge on any atom is -0.478 e. The first kappa shape index (κ1) is 18.8. The summed E-state index contributed by atoms with van der Waals surface area (Å²) in [5, 5.41) is 13.1. The molecule has 2 aromatic carbocycles. The molecule has 0 fully saturated rings. The molecule has 0 spiro atoms. The van der Waals surface area contributed by atoms with Gasteiger partial charge in [-0.2, -0.15) is 4.98 Å². The molecule has 5 heteroatoms. The predicted molar refractivity (Wildman–Crippen MR) is 105 cm³/mol. The molecule has 3 aromatic rings. The van der Waals surface area contributed by atoms with Gasteiger partial charge >= 0.3 is 5.97 Å². The molecule has 0 unspecified atom stereocenters. The highest BCUT2D eigenvalue weighted by atomic mass is 16.5. The van der Waals surface area contributed by atoms with Gasteiger partial charge in [0.2, 0.25) is 5.82 Å². The molecule has 5 nitrogen and oxygen atoms in total. The molecular formula is C22H24N2O3. The van der Waals surface area contributed by atoms with Crippen LogP contribution in [-0.4, -0.2) is 21.2 Å². The quantitative estimate of drug-likeness (QED) is 0.660. The van der Waals surface area contributed by atoms with Crippen molar-refractivity contribution >= 4 is 5.97 Å². The molecule has 0 saturated carbocycles. The number of aromatic nitrogens is 2. The molecule has 0 aliphatic carbocycles. The van der Waals surface area contributed by atoms with Crippen LogP contribution >= 0.6 is 0 Å². The van der Waals surface area contributed by atoms with Gasteiger partial charge in [-0.3, -0.25) is 0 Å². The molecule has 1 N–H and O–H groups in total. The van der Waals surface area contributed by atoms with E-state index in [0.717, 1.165) is 18.4 Å². The lowest BCUT2D eigenvalue weighted by Crippen LogP contribution is -2.14. The van der Waals surface area contributed by atoms with Crippen LogP contribution in [0.15, 0.2) is 47.0 Å². The number of nitrogens with zero attached hydrogens (tertiary/aromatic N) is 2. The van der Waals surface area contributed by atoms with Crippen LogP contribution in [0.25, 0.3) is 22.8 Å². The lowest BCUT2D eigenvalue weighted by molar-refractivity contribution is 0.0697. The molecule has 3 rings (SSSR count). The van der Waals surface area contributed by atoms with Gasteiger partial charge < -0.3 is 9.63 Å². The van der Waals surface area contributed by atoms with Gasteiger partial charge in [0.15, 0.2) is 0 Å². The molecule has 0 bridgehead atoms. The minimum absolute atomic E-state index is 0.0275.